The van der Waals surface area contributed by atoms with Crippen LogP contribution in [0.2, 0.25) is 0 Å². The SMILES string of the molecule is CCCCNC1C(CC)Cc2ccc(OC)cc2C1CCC. The lowest BCUT2D eigenvalue weighted by Crippen LogP contribution is -2.45. The summed E-state index contributed by atoms with van der Waals surface area (Å²) in [6, 6.07) is 7.33. The van der Waals surface area contributed by atoms with Crippen molar-refractivity contribution in [3.05, 3.63) is 29.3 Å². The molecular weight excluding hydrogens is 270 g/mol. The van der Waals surface area contributed by atoms with Crippen molar-refractivity contribution in [1.82, 2.24) is 5.32 Å². The van der Waals surface area contributed by atoms with Gasteiger partial charge in [0.05, 0.1) is 7.11 Å². The van der Waals surface area contributed by atoms with E-state index in [1.165, 1.54) is 44.1 Å². The standard InChI is InChI=1S/C20H33NO/c1-5-8-12-21-20-15(7-3)13-16-10-11-17(22-4)14-19(16)18(20)9-6-2/h10-11,14-15,18,20-21H,5-9,12-13H2,1-4H3. The summed E-state index contributed by atoms with van der Waals surface area (Å²) in [7, 11) is 1.77. The minimum atomic E-state index is 0.621. The van der Waals surface area contributed by atoms with Crippen LogP contribution < -0.4 is 10.1 Å². The van der Waals surface area contributed by atoms with Gasteiger partial charge in [0.2, 0.25) is 0 Å². The fraction of sp³-hybridized carbons (Fsp3) is 0.700. The Balaban J connectivity index is 2.29. The normalized spacial score (nSPS) is 24.1. The molecule has 0 spiro atoms. The molecule has 2 nitrogen and oxygen atoms in total. The third-order valence-corrected chi connectivity index (χ3v) is 5.21. The number of hydrogen-bond acceptors (Lipinski definition) is 2. The van der Waals surface area contributed by atoms with E-state index in [2.05, 4.69) is 44.3 Å². The van der Waals surface area contributed by atoms with E-state index in [4.69, 9.17) is 4.74 Å². The Hall–Kier alpha value is -1.02. The van der Waals surface area contributed by atoms with Crippen molar-refractivity contribution < 1.29 is 4.74 Å². The summed E-state index contributed by atoms with van der Waals surface area (Å²) in [5.74, 6) is 2.39. The van der Waals surface area contributed by atoms with E-state index >= 15 is 0 Å². The van der Waals surface area contributed by atoms with Gasteiger partial charge in [0.1, 0.15) is 5.75 Å². The Morgan fingerprint density at radius 2 is 2.00 bits per heavy atom. The summed E-state index contributed by atoms with van der Waals surface area (Å²) < 4.78 is 5.47. The minimum Gasteiger partial charge on any atom is -0.497 e. The molecule has 0 saturated heterocycles. The van der Waals surface area contributed by atoms with Gasteiger partial charge in [0.25, 0.3) is 0 Å². The van der Waals surface area contributed by atoms with Crippen LogP contribution in [0.3, 0.4) is 0 Å². The van der Waals surface area contributed by atoms with E-state index in [1.807, 2.05) is 0 Å². The lowest BCUT2D eigenvalue weighted by atomic mass is 9.70. The molecule has 0 heterocycles. The van der Waals surface area contributed by atoms with Crippen molar-refractivity contribution in [3.63, 3.8) is 0 Å². The monoisotopic (exact) mass is 303 g/mol. The van der Waals surface area contributed by atoms with Crippen molar-refractivity contribution in [2.75, 3.05) is 13.7 Å². The van der Waals surface area contributed by atoms with Crippen LogP contribution in [0.25, 0.3) is 0 Å². The molecule has 0 aromatic heterocycles. The van der Waals surface area contributed by atoms with Crippen LogP contribution >= 0.6 is 0 Å². The first-order chi connectivity index (χ1) is 10.7. The average Bonchev–Trinajstić information content (AvgIpc) is 2.55. The third kappa shape index (κ3) is 3.84. The molecule has 1 aromatic carbocycles. The van der Waals surface area contributed by atoms with Gasteiger partial charge in [-0.25, -0.2) is 0 Å². The van der Waals surface area contributed by atoms with Crippen molar-refractivity contribution in [3.8, 4) is 5.75 Å². The number of unbranched alkanes of at least 4 members (excludes halogenated alkanes) is 1. The summed E-state index contributed by atoms with van der Waals surface area (Å²) >= 11 is 0. The largest absolute Gasteiger partial charge is 0.497 e. The summed E-state index contributed by atoms with van der Waals surface area (Å²) in [6.07, 6.45) is 7.51. The highest BCUT2D eigenvalue weighted by atomic mass is 16.5. The molecule has 2 heteroatoms. The van der Waals surface area contributed by atoms with E-state index < -0.39 is 0 Å². The van der Waals surface area contributed by atoms with Gasteiger partial charge in [-0.2, -0.15) is 0 Å². The van der Waals surface area contributed by atoms with Gasteiger partial charge in [0.15, 0.2) is 0 Å². The number of fused-ring (bicyclic) bond motifs is 1. The molecule has 1 aliphatic rings. The van der Waals surface area contributed by atoms with Crippen LogP contribution in [0.5, 0.6) is 5.75 Å². The summed E-state index contributed by atoms with van der Waals surface area (Å²) in [5.41, 5.74) is 3.07. The number of nitrogens with one attached hydrogen (secondary N) is 1. The van der Waals surface area contributed by atoms with Crippen molar-refractivity contribution in [2.24, 2.45) is 5.92 Å². The zero-order chi connectivity index (χ0) is 15.9. The fourth-order valence-corrected chi connectivity index (χ4v) is 3.96. The van der Waals surface area contributed by atoms with E-state index in [0.29, 0.717) is 12.0 Å². The molecule has 124 valence electrons. The fourth-order valence-electron chi connectivity index (χ4n) is 3.96. The molecule has 0 radical (unpaired) electrons. The predicted molar refractivity (Wildman–Crippen MR) is 94.8 cm³/mol. The molecule has 1 aliphatic carbocycles. The first kappa shape index (κ1) is 17.3. The number of benzene rings is 1. The highest BCUT2D eigenvalue weighted by molar-refractivity contribution is 5.41. The molecule has 2 rings (SSSR count). The van der Waals surface area contributed by atoms with Gasteiger partial charge in [-0.15, -0.1) is 0 Å². The number of ether oxygens (including phenoxy) is 1. The molecule has 0 amide bonds. The van der Waals surface area contributed by atoms with Crippen LogP contribution in [0, 0.1) is 5.92 Å². The molecule has 0 aliphatic heterocycles. The summed E-state index contributed by atoms with van der Waals surface area (Å²) in [4.78, 5) is 0. The van der Waals surface area contributed by atoms with Crippen molar-refractivity contribution >= 4 is 0 Å². The van der Waals surface area contributed by atoms with Gasteiger partial charge in [-0.05, 0) is 60.9 Å². The van der Waals surface area contributed by atoms with E-state index in [-0.39, 0.29) is 0 Å². The van der Waals surface area contributed by atoms with Crippen LogP contribution in [-0.2, 0) is 6.42 Å². The van der Waals surface area contributed by atoms with Gasteiger partial charge < -0.3 is 10.1 Å². The second kappa shape index (κ2) is 8.57. The molecule has 0 saturated carbocycles. The van der Waals surface area contributed by atoms with Gasteiger partial charge in [0, 0.05) is 6.04 Å². The zero-order valence-electron chi connectivity index (χ0n) is 14.8. The van der Waals surface area contributed by atoms with Crippen LogP contribution in [0.1, 0.15) is 69.9 Å². The van der Waals surface area contributed by atoms with Crippen molar-refractivity contribution in [1.29, 1.82) is 0 Å². The topological polar surface area (TPSA) is 21.3 Å². The lowest BCUT2D eigenvalue weighted by molar-refractivity contribution is 0.265. The smallest absolute Gasteiger partial charge is 0.119 e. The maximum absolute atomic E-state index is 5.47. The number of methoxy groups -OCH3 is 1. The average molecular weight is 303 g/mol. The highest BCUT2D eigenvalue weighted by Crippen LogP contribution is 2.40. The maximum atomic E-state index is 5.47. The molecule has 1 N–H and O–H groups in total. The molecular formula is C20H33NO. The second-order valence-corrected chi connectivity index (χ2v) is 6.67. The molecule has 3 atom stereocenters. The van der Waals surface area contributed by atoms with E-state index in [1.54, 1.807) is 12.7 Å². The molecule has 0 fully saturated rings. The minimum absolute atomic E-state index is 0.621. The van der Waals surface area contributed by atoms with Gasteiger partial charge in [-0.3, -0.25) is 0 Å². The first-order valence-electron chi connectivity index (χ1n) is 9.15. The zero-order valence-corrected chi connectivity index (χ0v) is 14.8. The van der Waals surface area contributed by atoms with Crippen LogP contribution in [0.15, 0.2) is 18.2 Å². The van der Waals surface area contributed by atoms with Gasteiger partial charge >= 0.3 is 0 Å². The maximum Gasteiger partial charge on any atom is 0.119 e. The number of hydrogen-bond donors (Lipinski definition) is 1. The Labute approximate surface area is 136 Å². The number of rotatable bonds is 8. The van der Waals surface area contributed by atoms with Crippen molar-refractivity contribution in [2.45, 2.75) is 71.3 Å². The predicted octanol–water partition coefficient (Wildman–Crippen LogP) is 4.92. The summed E-state index contributed by atoms with van der Waals surface area (Å²) in [5, 5.41) is 3.90. The van der Waals surface area contributed by atoms with E-state index in [9.17, 15) is 0 Å². The Bertz CT molecular complexity index is 457. The second-order valence-electron chi connectivity index (χ2n) is 6.67. The molecule has 22 heavy (non-hydrogen) atoms. The quantitative estimate of drug-likeness (QED) is 0.688. The summed E-state index contributed by atoms with van der Waals surface area (Å²) in [6.45, 7) is 8.07. The molecule has 1 aromatic rings. The van der Waals surface area contributed by atoms with Crippen LogP contribution in [0.4, 0.5) is 0 Å². The first-order valence-corrected chi connectivity index (χ1v) is 9.15. The molecule has 0 bridgehead atoms. The van der Waals surface area contributed by atoms with Gasteiger partial charge in [-0.1, -0.05) is 46.1 Å². The Kier molecular flexibility index (Phi) is 6.75. The van der Waals surface area contributed by atoms with Crippen LogP contribution in [-0.4, -0.2) is 19.7 Å². The van der Waals surface area contributed by atoms with E-state index in [0.717, 1.165) is 18.2 Å². The third-order valence-electron chi connectivity index (χ3n) is 5.21. The highest BCUT2D eigenvalue weighted by Gasteiger charge is 2.35. The Morgan fingerprint density at radius 3 is 2.64 bits per heavy atom. The Morgan fingerprint density at radius 1 is 1.18 bits per heavy atom. The molecule has 3 unspecified atom stereocenters. The lowest BCUT2D eigenvalue weighted by Gasteiger charge is -2.40.